The Morgan fingerprint density at radius 2 is 1.74 bits per heavy atom. The summed E-state index contributed by atoms with van der Waals surface area (Å²) < 4.78 is 28.0. The molecule has 0 aliphatic carbocycles. The maximum absolute atomic E-state index is 12.7. The van der Waals surface area contributed by atoms with Gasteiger partial charge in [0.2, 0.25) is 10.0 Å². The lowest BCUT2D eigenvalue weighted by molar-refractivity contribution is 0.0915. The highest BCUT2D eigenvalue weighted by molar-refractivity contribution is 7.89. The summed E-state index contributed by atoms with van der Waals surface area (Å²) in [6, 6.07) is 14.8. The van der Waals surface area contributed by atoms with Gasteiger partial charge >= 0.3 is 0 Å². The predicted octanol–water partition coefficient (Wildman–Crippen LogP) is 2.62. The highest BCUT2D eigenvalue weighted by atomic mass is 35.5. The van der Waals surface area contributed by atoms with E-state index in [2.05, 4.69) is 10.0 Å². The molecular weight excluding hydrogens is 386 g/mol. The van der Waals surface area contributed by atoms with Gasteiger partial charge in [-0.15, -0.1) is 12.4 Å². The number of halogens is 1. The molecule has 27 heavy (non-hydrogen) atoms. The van der Waals surface area contributed by atoms with Gasteiger partial charge in [-0.3, -0.25) is 4.79 Å². The Morgan fingerprint density at radius 3 is 2.33 bits per heavy atom. The first-order valence-electron chi connectivity index (χ1n) is 8.34. The second-order valence-electron chi connectivity index (χ2n) is 6.82. The normalized spacial score (nSPS) is 12.7. The molecule has 0 heterocycles. The Kier molecular flexibility index (Phi) is 7.98. The molecular formula is C19H26ClN3O3S. The van der Waals surface area contributed by atoms with Crippen molar-refractivity contribution >= 4 is 28.3 Å². The first kappa shape index (κ1) is 23.1. The van der Waals surface area contributed by atoms with E-state index >= 15 is 0 Å². The van der Waals surface area contributed by atoms with Crippen LogP contribution in [0.4, 0.5) is 0 Å². The van der Waals surface area contributed by atoms with Crippen molar-refractivity contribution in [3.05, 3.63) is 65.7 Å². The fourth-order valence-electron chi connectivity index (χ4n) is 2.35. The molecule has 0 aromatic heterocycles. The van der Waals surface area contributed by atoms with Gasteiger partial charge in [0.25, 0.3) is 5.91 Å². The SMILES string of the molecule is CC(NS(=O)(=O)c1cccc(C(=O)NC(C)(C)CN)c1)c1ccccc1.Cl. The molecule has 0 saturated carbocycles. The zero-order valence-electron chi connectivity index (χ0n) is 15.6. The number of carbonyl (C=O) groups is 1. The van der Waals surface area contributed by atoms with E-state index in [0.29, 0.717) is 0 Å². The molecule has 1 unspecified atom stereocenters. The molecule has 0 saturated heterocycles. The summed E-state index contributed by atoms with van der Waals surface area (Å²) in [5, 5.41) is 2.79. The molecule has 0 bridgehead atoms. The van der Waals surface area contributed by atoms with Gasteiger partial charge in [-0.1, -0.05) is 36.4 Å². The molecule has 8 heteroatoms. The van der Waals surface area contributed by atoms with E-state index in [1.54, 1.807) is 32.9 Å². The third kappa shape index (κ3) is 6.32. The van der Waals surface area contributed by atoms with Crippen molar-refractivity contribution in [1.82, 2.24) is 10.0 Å². The van der Waals surface area contributed by atoms with Gasteiger partial charge in [-0.2, -0.15) is 0 Å². The van der Waals surface area contributed by atoms with E-state index in [9.17, 15) is 13.2 Å². The molecule has 0 aliphatic heterocycles. The Balaban J connectivity index is 0.00000364. The van der Waals surface area contributed by atoms with Crippen molar-refractivity contribution in [2.45, 2.75) is 37.2 Å². The summed E-state index contributed by atoms with van der Waals surface area (Å²) in [4.78, 5) is 12.4. The Labute approximate surface area is 167 Å². The van der Waals surface area contributed by atoms with Crippen LogP contribution in [0.25, 0.3) is 0 Å². The zero-order chi connectivity index (χ0) is 19.4. The van der Waals surface area contributed by atoms with Crippen LogP contribution in [0.2, 0.25) is 0 Å². The smallest absolute Gasteiger partial charge is 0.251 e. The monoisotopic (exact) mass is 411 g/mol. The van der Waals surface area contributed by atoms with E-state index < -0.39 is 21.6 Å². The molecule has 4 N–H and O–H groups in total. The quantitative estimate of drug-likeness (QED) is 0.651. The van der Waals surface area contributed by atoms with Crippen molar-refractivity contribution < 1.29 is 13.2 Å². The van der Waals surface area contributed by atoms with Crippen LogP contribution in [0.15, 0.2) is 59.5 Å². The van der Waals surface area contributed by atoms with Crippen molar-refractivity contribution in [2.24, 2.45) is 5.73 Å². The van der Waals surface area contributed by atoms with Crippen molar-refractivity contribution in [3.8, 4) is 0 Å². The summed E-state index contributed by atoms with van der Waals surface area (Å²) in [6.45, 7) is 5.64. The predicted molar refractivity (Wildman–Crippen MR) is 109 cm³/mol. The van der Waals surface area contributed by atoms with Crippen LogP contribution in [-0.2, 0) is 10.0 Å². The molecule has 2 rings (SSSR count). The van der Waals surface area contributed by atoms with Crippen LogP contribution in [0.5, 0.6) is 0 Å². The number of carbonyl (C=O) groups excluding carboxylic acids is 1. The van der Waals surface area contributed by atoms with Gasteiger partial charge in [0.05, 0.1) is 4.90 Å². The number of sulfonamides is 1. The third-order valence-corrected chi connectivity index (χ3v) is 5.54. The number of nitrogens with one attached hydrogen (secondary N) is 2. The van der Waals surface area contributed by atoms with Crippen molar-refractivity contribution in [2.75, 3.05) is 6.54 Å². The van der Waals surface area contributed by atoms with Gasteiger partial charge in [-0.05, 0) is 44.5 Å². The third-order valence-electron chi connectivity index (χ3n) is 4.00. The lowest BCUT2D eigenvalue weighted by Crippen LogP contribution is -2.48. The average molecular weight is 412 g/mol. The van der Waals surface area contributed by atoms with E-state index in [-0.39, 0.29) is 35.3 Å². The fraction of sp³-hybridized carbons (Fsp3) is 0.316. The number of rotatable bonds is 7. The molecule has 2 aromatic rings. The number of nitrogens with two attached hydrogens (primary N) is 1. The highest BCUT2D eigenvalue weighted by Crippen LogP contribution is 2.18. The Hall–Kier alpha value is -1.93. The molecule has 1 amide bonds. The summed E-state index contributed by atoms with van der Waals surface area (Å²) in [5.41, 5.74) is 6.17. The van der Waals surface area contributed by atoms with Gasteiger partial charge in [0, 0.05) is 23.7 Å². The maximum atomic E-state index is 12.7. The molecule has 0 aliphatic rings. The molecule has 0 spiro atoms. The molecule has 6 nitrogen and oxygen atoms in total. The first-order valence-corrected chi connectivity index (χ1v) is 9.83. The Morgan fingerprint density at radius 1 is 1.11 bits per heavy atom. The van der Waals surface area contributed by atoms with Crippen LogP contribution in [0.1, 0.15) is 42.7 Å². The fourth-order valence-corrected chi connectivity index (χ4v) is 3.62. The van der Waals surface area contributed by atoms with Crippen LogP contribution in [-0.4, -0.2) is 26.4 Å². The minimum Gasteiger partial charge on any atom is -0.346 e. The van der Waals surface area contributed by atoms with Crippen molar-refractivity contribution in [3.63, 3.8) is 0 Å². The number of hydrogen-bond donors (Lipinski definition) is 3. The van der Waals surface area contributed by atoms with Gasteiger partial charge in [0.1, 0.15) is 0 Å². The van der Waals surface area contributed by atoms with Crippen LogP contribution in [0, 0.1) is 0 Å². The van der Waals surface area contributed by atoms with Crippen LogP contribution in [0.3, 0.4) is 0 Å². The molecule has 2 aromatic carbocycles. The topological polar surface area (TPSA) is 101 Å². The van der Waals surface area contributed by atoms with Gasteiger partial charge < -0.3 is 11.1 Å². The lowest BCUT2D eigenvalue weighted by atomic mass is 10.1. The van der Waals surface area contributed by atoms with E-state index in [1.807, 2.05) is 30.3 Å². The summed E-state index contributed by atoms with van der Waals surface area (Å²) in [7, 11) is -3.77. The second-order valence-corrected chi connectivity index (χ2v) is 8.54. The largest absolute Gasteiger partial charge is 0.346 e. The van der Waals surface area contributed by atoms with Crippen LogP contribution >= 0.6 is 12.4 Å². The van der Waals surface area contributed by atoms with Gasteiger partial charge in [0.15, 0.2) is 0 Å². The summed E-state index contributed by atoms with van der Waals surface area (Å²) in [5.74, 6) is -0.367. The number of benzene rings is 2. The highest BCUT2D eigenvalue weighted by Gasteiger charge is 2.22. The number of hydrogen-bond acceptors (Lipinski definition) is 4. The molecule has 148 valence electrons. The zero-order valence-corrected chi connectivity index (χ0v) is 17.2. The van der Waals surface area contributed by atoms with Crippen LogP contribution < -0.4 is 15.8 Å². The number of amides is 1. The van der Waals surface area contributed by atoms with E-state index in [1.165, 1.54) is 12.1 Å². The first-order chi connectivity index (χ1) is 12.1. The molecule has 1 atom stereocenters. The Bertz CT molecular complexity index is 871. The summed E-state index contributed by atoms with van der Waals surface area (Å²) >= 11 is 0. The molecule has 0 fully saturated rings. The minimum absolute atomic E-state index is 0. The maximum Gasteiger partial charge on any atom is 0.251 e. The van der Waals surface area contributed by atoms with Gasteiger partial charge in [-0.25, -0.2) is 13.1 Å². The average Bonchev–Trinajstić information content (AvgIpc) is 2.62. The summed E-state index contributed by atoms with van der Waals surface area (Å²) in [6.07, 6.45) is 0. The van der Waals surface area contributed by atoms with Crippen molar-refractivity contribution in [1.29, 1.82) is 0 Å². The molecule has 0 radical (unpaired) electrons. The minimum atomic E-state index is -3.77. The van der Waals surface area contributed by atoms with E-state index in [4.69, 9.17) is 5.73 Å². The van der Waals surface area contributed by atoms with E-state index in [0.717, 1.165) is 5.56 Å². The second kappa shape index (κ2) is 9.32. The standard InChI is InChI=1S/C19H25N3O3S.ClH/c1-14(15-8-5-4-6-9-15)22-26(24,25)17-11-7-10-16(12-17)18(23)21-19(2,3)13-20;/h4-12,14,22H,13,20H2,1-3H3,(H,21,23);1H. The lowest BCUT2D eigenvalue weighted by Gasteiger charge is -2.24.